The quantitative estimate of drug-likeness (QED) is 0.248. The fraction of sp³-hybridized carbons (Fsp3) is 0.238. The van der Waals surface area contributed by atoms with Crippen LogP contribution in [0.4, 0.5) is 0 Å². The zero-order valence-corrected chi connectivity index (χ0v) is 19.9. The average Bonchev–Trinajstić information content (AvgIpc) is 3.09. The van der Waals surface area contributed by atoms with Crippen molar-refractivity contribution in [2.45, 2.75) is 25.9 Å². The molecule has 0 saturated heterocycles. The highest BCUT2D eigenvalue weighted by molar-refractivity contribution is 14.0. The van der Waals surface area contributed by atoms with Crippen LogP contribution in [0.1, 0.15) is 29.9 Å². The Morgan fingerprint density at radius 3 is 2.69 bits per heavy atom. The molecule has 5 nitrogen and oxygen atoms in total. The lowest BCUT2D eigenvalue weighted by Gasteiger charge is -2.16. The molecule has 2 aromatic carbocycles. The maximum absolute atomic E-state index is 6.25. The summed E-state index contributed by atoms with van der Waals surface area (Å²) in [6, 6.07) is 15.6. The Balaban J connectivity index is 0.00000300. The van der Waals surface area contributed by atoms with Gasteiger partial charge in [-0.1, -0.05) is 59.6 Å². The summed E-state index contributed by atoms with van der Waals surface area (Å²) in [5, 5.41) is 4.37. The first kappa shape index (κ1) is 23.5. The minimum absolute atomic E-state index is 0. The molecule has 0 spiro atoms. The van der Waals surface area contributed by atoms with Gasteiger partial charge in [0.05, 0.1) is 6.04 Å². The van der Waals surface area contributed by atoms with Crippen LogP contribution in [-0.4, -0.2) is 22.1 Å². The van der Waals surface area contributed by atoms with Gasteiger partial charge in [0, 0.05) is 41.9 Å². The van der Waals surface area contributed by atoms with Gasteiger partial charge in [0.1, 0.15) is 5.82 Å². The zero-order valence-electron chi connectivity index (χ0n) is 16.1. The van der Waals surface area contributed by atoms with Crippen molar-refractivity contribution in [3.05, 3.63) is 87.9 Å². The molecule has 0 bridgehead atoms. The number of imidazole rings is 1. The van der Waals surface area contributed by atoms with E-state index in [0.29, 0.717) is 29.0 Å². The van der Waals surface area contributed by atoms with Crippen LogP contribution in [0.15, 0.2) is 65.9 Å². The summed E-state index contributed by atoms with van der Waals surface area (Å²) in [5.41, 5.74) is 8.19. The summed E-state index contributed by atoms with van der Waals surface area (Å²) in [6.45, 7) is 3.31. The predicted molar refractivity (Wildman–Crippen MR) is 131 cm³/mol. The number of nitrogens with two attached hydrogens (primary N) is 1. The van der Waals surface area contributed by atoms with E-state index in [2.05, 4.69) is 32.0 Å². The molecule has 1 aromatic heterocycles. The molecule has 0 amide bonds. The summed E-state index contributed by atoms with van der Waals surface area (Å²) < 4.78 is 2.13. The van der Waals surface area contributed by atoms with Crippen molar-refractivity contribution >= 4 is 53.1 Å². The zero-order chi connectivity index (χ0) is 19.9. The van der Waals surface area contributed by atoms with E-state index in [4.69, 9.17) is 28.9 Å². The number of hydrogen-bond donors (Lipinski definition) is 2. The minimum atomic E-state index is -0.0754. The van der Waals surface area contributed by atoms with Gasteiger partial charge in [0.2, 0.25) is 0 Å². The molecule has 8 heteroatoms. The van der Waals surface area contributed by atoms with Gasteiger partial charge >= 0.3 is 0 Å². The Morgan fingerprint density at radius 2 is 1.97 bits per heavy atom. The van der Waals surface area contributed by atoms with E-state index >= 15 is 0 Å². The van der Waals surface area contributed by atoms with Crippen LogP contribution in [0.25, 0.3) is 0 Å². The van der Waals surface area contributed by atoms with Gasteiger partial charge in [0.15, 0.2) is 5.96 Å². The minimum Gasteiger partial charge on any atom is -0.370 e. The number of aromatic nitrogens is 2. The Morgan fingerprint density at radius 1 is 1.21 bits per heavy atom. The van der Waals surface area contributed by atoms with Gasteiger partial charge in [0.25, 0.3) is 0 Å². The maximum Gasteiger partial charge on any atom is 0.189 e. The molecule has 0 aliphatic heterocycles. The number of halogens is 3. The van der Waals surface area contributed by atoms with Gasteiger partial charge in [-0.05, 0) is 30.2 Å². The summed E-state index contributed by atoms with van der Waals surface area (Å²) >= 11 is 12.2. The molecule has 3 N–H and O–H groups in total. The highest BCUT2D eigenvalue weighted by Crippen LogP contribution is 2.25. The molecule has 3 aromatic rings. The molecular weight excluding hydrogens is 520 g/mol. The van der Waals surface area contributed by atoms with Gasteiger partial charge in [-0.15, -0.1) is 24.0 Å². The third kappa shape index (κ3) is 6.90. The molecule has 0 aliphatic rings. The molecule has 1 heterocycles. The molecule has 0 saturated carbocycles. The Labute approximate surface area is 198 Å². The molecule has 1 unspecified atom stereocenters. The Kier molecular flexibility index (Phi) is 9.26. The number of nitrogens with one attached hydrogen (secondary N) is 1. The van der Waals surface area contributed by atoms with Crippen LogP contribution in [0.2, 0.25) is 10.0 Å². The molecule has 29 heavy (non-hydrogen) atoms. The number of benzene rings is 2. The van der Waals surface area contributed by atoms with E-state index in [-0.39, 0.29) is 30.0 Å². The van der Waals surface area contributed by atoms with E-state index in [1.807, 2.05) is 43.6 Å². The van der Waals surface area contributed by atoms with Crippen molar-refractivity contribution in [1.29, 1.82) is 0 Å². The average molecular weight is 544 g/mol. The van der Waals surface area contributed by atoms with Gasteiger partial charge in [-0.2, -0.15) is 0 Å². The molecule has 0 radical (unpaired) electrons. The van der Waals surface area contributed by atoms with E-state index in [1.54, 1.807) is 12.1 Å². The van der Waals surface area contributed by atoms with E-state index in [1.165, 1.54) is 5.56 Å². The second kappa shape index (κ2) is 11.4. The highest BCUT2D eigenvalue weighted by atomic mass is 127. The lowest BCUT2D eigenvalue weighted by atomic mass is 10.1. The van der Waals surface area contributed by atoms with E-state index < -0.39 is 0 Å². The van der Waals surface area contributed by atoms with Gasteiger partial charge in [-0.3, -0.25) is 4.99 Å². The summed E-state index contributed by atoms with van der Waals surface area (Å²) in [7, 11) is 0. The van der Waals surface area contributed by atoms with Crippen molar-refractivity contribution in [3.63, 3.8) is 0 Å². The largest absolute Gasteiger partial charge is 0.370 e. The number of guanidine groups is 1. The molecule has 1 atom stereocenters. The van der Waals surface area contributed by atoms with Crippen LogP contribution < -0.4 is 11.1 Å². The molecular formula is C21H24Cl2IN5. The summed E-state index contributed by atoms with van der Waals surface area (Å²) in [4.78, 5) is 8.86. The first-order chi connectivity index (χ1) is 13.5. The van der Waals surface area contributed by atoms with Crippen molar-refractivity contribution in [3.8, 4) is 0 Å². The standard InChI is InChI=1S/C21H23Cl2N5.HI/c1-15(18-8-7-17(22)13-19(18)23)27-21(24)26-10-9-20-25-11-12-28(20)14-16-5-3-2-4-6-16;/h2-8,11-13,15H,9-10,14H2,1H3,(H3,24,26,27);1H. The molecule has 0 aliphatic carbocycles. The summed E-state index contributed by atoms with van der Waals surface area (Å²) in [6.07, 6.45) is 4.50. The number of aliphatic imine (C=N–C) groups is 1. The maximum atomic E-state index is 6.25. The fourth-order valence-electron chi connectivity index (χ4n) is 2.97. The predicted octanol–water partition coefficient (Wildman–Crippen LogP) is 5.06. The van der Waals surface area contributed by atoms with Gasteiger partial charge < -0.3 is 15.6 Å². The molecule has 3 rings (SSSR count). The SMILES string of the molecule is CC(NC(N)=NCCc1nccn1Cc1ccccc1)c1ccc(Cl)cc1Cl.I. The second-order valence-electron chi connectivity index (χ2n) is 6.51. The van der Waals surface area contributed by atoms with Crippen LogP contribution in [0.3, 0.4) is 0 Å². The van der Waals surface area contributed by atoms with Gasteiger partial charge in [-0.25, -0.2) is 4.98 Å². The first-order valence-electron chi connectivity index (χ1n) is 9.08. The van der Waals surface area contributed by atoms with Crippen LogP contribution >= 0.6 is 47.2 Å². The lowest BCUT2D eigenvalue weighted by molar-refractivity contribution is 0.697. The monoisotopic (exact) mass is 543 g/mol. The Bertz CT molecular complexity index is 943. The molecule has 0 fully saturated rings. The lowest BCUT2D eigenvalue weighted by Crippen LogP contribution is -2.34. The van der Waals surface area contributed by atoms with Crippen molar-refractivity contribution in [2.24, 2.45) is 10.7 Å². The smallest absolute Gasteiger partial charge is 0.189 e. The topological polar surface area (TPSA) is 68.2 Å². The third-order valence-electron chi connectivity index (χ3n) is 4.41. The number of nitrogens with zero attached hydrogens (tertiary/aromatic N) is 3. The van der Waals surface area contributed by atoms with Crippen molar-refractivity contribution < 1.29 is 0 Å². The van der Waals surface area contributed by atoms with Crippen molar-refractivity contribution in [2.75, 3.05) is 6.54 Å². The highest BCUT2D eigenvalue weighted by Gasteiger charge is 2.11. The Hall–Kier alpha value is -1.77. The van der Waals surface area contributed by atoms with Crippen LogP contribution in [0, 0.1) is 0 Å². The van der Waals surface area contributed by atoms with Crippen LogP contribution in [0.5, 0.6) is 0 Å². The van der Waals surface area contributed by atoms with E-state index in [9.17, 15) is 0 Å². The number of rotatable bonds is 7. The number of hydrogen-bond acceptors (Lipinski definition) is 2. The van der Waals surface area contributed by atoms with Crippen molar-refractivity contribution in [1.82, 2.24) is 14.9 Å². The van der Waals surface area contributed by atoms with E-state index in [0.717, 1.165) is 17.9 Å². The van der Waals surface area contributed by atoms with Crippen LogP contribution in [-0.2, 0) is 13.0 Å². The third-order valence-corrected chi connectivity index (χ3v) is 4.97. The normalized spacial score (nSPS) is 12.3. The summed E-state index contributed by atoms with van der Waals surface area (Å²) in [5.74, 6) is 1.36. The molecule has 154 valence electrons. The first-order valence-corrected chi connectivity index (χ1v) is 9.84. The second-order valence-corrected chi connectivity index (χ2v) is 7.35. The fourth-order valence-corrected chi connectivity index (χ4v) is 3.54.